The summed E-state index contributed by atoms with van der Waals surface area (Å²) in [4.78, 5) is 11.1. The number of allylic oxidation sites excluding steroid dienone is 1. The van der Waals surface area contributed by atoms with E-state index in [1.165, 1.54) is 38.4 Å². The molecule has 3 aliphatic rings. The fraction of sp³-hybridized carbons (Fsp3) is 0.889. The van der Waals surface area contributed by atoms with Gasteiger partial charge < -0.3 is 23.7 Å². The van der Waals surface area contributed by atoms with Gasteiger partial charge in [-0.1, -0.05) is 43.8 Å². The van der Waals surface area contributed by atoms with Gasteiger partial charge in [0.05, 0.1) is 43.5 Å². The minimum absolute atomic E-state index is 0.0118. The zero-order valence-corrected chi connectivity index (χ0v) is 21.5. The second-order valence-corrected chi connectivity index (χ2v) is 10.6. The van der Waals surface area contributed by atoms with Gasteiger partial charge in [0.15, 0.2) is 0 Å². The molecule has 0 amide bonds. The van der Waals surface area contributed by atoms with Crippen molar-refractivity contribution in [1.82, 2.24) is 0 Å². The maximum absolute atomic E-state index is 11.1. The monoisotopic (exact) mass is 466 g/mol. The summed E-state index contributed by atoms with van der Waals surface area (Å²) in [5.41, 5.74) is 1.06. The number of methoxy groups -OCH3 is 2. The lowest BCUT2D eigenvalue weighted by Crippen LogP contribution is -2.55. The number of carbonyl (C=O) groups excluding carboxylic acids is 1. The highest BCUT2D eigenvalue weighted by Gasteiger charge is 2.71. The van der Waals surface area contributed by atoms with Crippen molar-refractivity contribution in [2.45, 2.75) is 121 Å². The molecular weight excluding hydrogens is 420 g/mol. The van der Waals surface area contributed by atoms with Crippen LogP contribution in [0.3, 0.4) is 0 Å². The highest BCUT2D eigenvalue weighted by atomic mass is 16.6. The van der Waals surface area contributed by atoms with E-state index >= 15 is 0 Å². The van der Waals surface area contributed by atoms with Gasteiger partial charge in [0.25, 0.3) is 0 Å². The van der Waals surface area contributed by atoms with Crippen LogP contribution in [-0.2, 0) is 28.5 Å². The molecule has 1 aliphatic carbocycles. The van der Waals surface area contributed by atoms with E-state index in [9.17, 15) is 4.79 Å². The number of esters is 1. The van der Waals surface area contributed by atoms with Gasteiger partial charge in [0.2, 0.25) is 0 Å². The molecule has 6 atom stereocenters. The van der Waals surface area contributed by atoms with Crippen molar-refractivity contribution < 1.29 is 28.5 Å². The van der Waals surface area contributed by atoms with E-state index in [2.05, 4.69) is 31.6 Å². The molecule has 0 N–H and O–H groups in total. The maximum Gasteiger partial charge on any atom is 0.305 e. The fourth-order valence-electron chi connectivity index (χ4n) is 5.71. The summed E-state index contributed by atoms with van der Waals surface area (Å²) in [6, 6.07) is 0. The number of unbranched alkanes of at least 4 members (excludes halogenated alkanes) is 6. The van der Waals surface area contributed by atoms with Crippen LogP contribution in [0, 0.1) is 5.92 Å². The standard InChI is InChI=1S/C27H46O6/c1-20(2)14-15-22-26(3,33-22)25-24(30-5)21(16-17-27(25)19-32-27)31-18-12-10-8-6-7-9-11-13-23(28)29-4/h14,21-22,24-25H,6-13,15-19H2,1-5H3/t21-,22-,24-,25-,26+,27+/m1/s1. The van der Waals surface area contributed by atoms with Crippen molar-refractivity contribution in [1.29, 1.82) is 0 Å². The number of hydrogen-bond donors (Lipinski definition) is 0. The highest BCUT2D eigenvalue weighted by Crippen LogP contribution is 2.59. The van der Waals surface area contributed by atoms with Crippen molar-refractivity contribution in [2.24, 2.45) is 5.92 Å². The molecular formula is C27H46O6. The van der Waals surface area contributed by atoms with Crippen LogP contribution in [0.5, 0.6) is 0 Å². The van der Waals surface area contributed by atoms with Gasteiger partial charge in [-0.15, -0.1) is 0 Å². The summed E-state index contributed by atoms with van der Waals surface area (Å²) in [6.07, 6.45) is 14.1. The Labute approximate surface area is 200 Å². The first-order valence-corrected chi connectivity index (χ1v) is 13.0. The quantitative estimate of drug-likeness (QED) is 0.140. The molecule has 3 rings (SSSR count). The molecule has 0 bridgehead atoms. The molecule has 1 spiro atoms. The third-order valence-electron chi connectivity index (χ3n) is 7.82. The predicted molar refractivity (Wildman–Crippen MR) is 128 cm³/mol. The van der Waals surface area contributed by atoms with Gasteiger partial charge in [-0.25, -0.2) is 0 Å². The number of carbonyl (C=O) groups is 1. The van der Waals surface area contributed by atoms with Crippen LogP contribution >= 0.6 is 0 Å². The van der Waals surface area contributed by atoms with E-state index in [4.69, 9.17) is 18.9 Å². The maximum atomic E-state index is 11.1. The SMILES string of the molecule is COC(=O)CCCCCCCCCO[C@@H]1CC[C@]2(CO2)[C@@H]([C@@]2(C)O[C@@H]2CC=C(C)C)[C@@H]1OC. The van der Waals surface area contributed by atoms with Crippen LogP contribution in [0.25, 0.3) is 0 Å². The summed E-state index contributed by atoms with van der Waals surface area (Å²) < 4.78 is 29.4. The Balaban J connectivity index is 1.37. The van der Waals surface area contributed by atoms with Gasteiger partial charge in [-0.2, -0.15) is 0 Å². The molecule has 33 heavy (non-hydrogen) atoms. The average molecular weight is 467 g/mol. The summed E-state index contributed by atoms with van der Waals surface area (Å²) in [6.45, 7) is 8.12. The normalized spacial score (nSPS) is 34.8. The zero-order valence-electron chi connectivity index (χ0n) is 21.5. The number of epoxide rings is 2. The van der Waals surface area contributed by atoms with Crippen molar-refractivity contribution >= 4 is 5.97 Å². The number of ether oxygens (including phenoxy) is 5. The summed E-state index contributed by atoms with van der Waals surface area (Å²) in [5.74, 6) is 0.116. The largest absolute Gasteiger partial charge is 0.469 e. The minimum atomic E-state index is -0.195. The molecule has 6 heteroatoms. The van der Waals surface area contributed by atoms with Crippen LogP contribution in [0.2, 0.25) is 0 Å². The Hall–Kier alpha value is -0.950. The van der Waals surface area contributed by atoms with Gasteiger partial charge in [-0.05, 0) is 52.9 Å². The lowest BCUT2D eigenvalue weighted by atomic mass is 9.68. The molecule has 0 aromatic heterocycles. The van der Waals surface area contributed by atoms with E-state index in [-0.39, 0.29) is 41.4 Å². The Morgan fingerprint density at radius 3 is 2.33 bits per heavy atom. The zero-order chi connectivity index (χ0) is 23.9. The van der Waals surface area contributed by atoms with Crippen LogP contribution in [-0.4, -0.2) is 62.9 Å². The smallest absolute Gasteiger partial charge is 0.305 e. The van der Waals surface area contributed by atoms with Crippen LogP contribution in [0.4, 0.5) is 0 Å². The van der Waals surface area contributed by atoms with Crippen LogP contribution in [0.15, 0.2) is 11.6 Å². The Morgan fingerprint density at radius 2 is 1.73 bits per heavy atom. The Bertz CT molecular complexity index is 653. The van der Waals surface area contributed by atoms with Gasteiger partial charge in [-0.3, -0.25) is 4.79 Å². The fourth-order valence-corrected chi connectivity index (χ4v) is 5.71. The first-order chi connectivity index (χ1) is 15.9. The third kappa shape index (κ3) is 7.03. The van der Waals surface area contributed by atoms with Crippen molar-refractivity contribution in [2.75, 3.05) is 27.4 Å². The van der Waals surface area contributed by atoms with Crippen molar-refractivity contribution in [3.8, 4) is 0 Å². The predicted octanol–water partition coefficient (Wildman–Crippen LogP) is 5.37. The lowest BCUT2D eigenvalue weighted by molar-refractivity contribution is -0.140. The third-order valence-corrected chi connectivity index (χ3v) is 7.82. The minimum Gasteiger partial charge on any atom is -0.469 e. The average Bonchev–Trinajstić information content (AvgIpc) is 3.71. The van der Waals surface area contributed by atoms with E-state index in [1.807, 2.05) is 7.11 Å². The summed E-state index contributed by atoms with van der Waals surface area (Å²) in [5, 5.41) is 0. The number of rotatable bonds is 15. The molecule has 0 unspecified atom stereocenters. The Kier molecular flexibility index (Phi) is 9.81. The van der Waals surface area contributed by atoms with Crippen LogP contribution < -0.4 is 0 Å². The molecule has 0 radical (unpaired) electrons. The van der Waals surface area contributed by atoms with E-state index in [0.29, 0.717) is 6.42 Å². The van der Waals surface area contributed by atoms with Gasteiger partial charge >= 0.3 is 5.97 Å². The second-order valence-electron chi connectivity index (χ2n) is 10.6. The molecule has 0 aromatic rings. The van der Waals surface area contributed by atoms with Crippen molar-refractivity contribution in [3.05, 3.63) is 11.6 Å². The molecule has 6 nitrogen and oxygen atoms in total. The molecule has 2 heterocycles. The first kappa shape index (κ1) is 26.7. The van der Waals surface area contributed by atoms with Crippen molar-refractivity contribution in [3.63, 3.8) is 0 Å². The first-order valence-electron chi connectivity index (χ1n) is 13.0. The Morgan fingerprint density at radius 1 is 1.06 bits per heavy atom. The summed E-state index contributed by atoms with van der Waals surface area (Å²) >= 11 is 0. The molecule has 3 fully saturated rings. The lowest BCUT2D eigenvalue weighted by Gasteiger charge is -2.43. The molecule has 2 saturated heterocycles. The second kappa shape index (κ2) is 12.1. The molecule has 2 aliphatic heterocycles. The van der Waals surface area contributed by atoms with Crippen LogP contribution in [0.1, 0.15) is 91.4 Å². The van der Waals surface area contributed by atoms with Gasteiger partial charge in [0, 0.05) is 20.1 Å². The van der Waals surface area contributed by atoms with E-state index < -0.39 is 0 Å². The molecule has 190 valence electrons. The highest BCUT2D eigenvalue weighted by molar-refractivity contribution is 5.68. The topological polar surface area (TPSA) is 69.8 Å². The summed E-state index contributed by atoms with van der Waals surface area (Å²) in [7, 11) is 3.26. The molecule has 0 aromatic carbocycles. The number of hydrogen-bond acceptors (Lipinski definition) is 6. The van der Waals surface area contributed by atoms with E-state index in [0.717, 1.165) is 51.7 Å². The van der Waals surface area contributed by atoms with Gasteiger partial charge in [0.1, 0.15) is 5.60 Å². The molecule has 1 saturated carbocycles. The van der Waals surface area contributed by atoms with E-state index in [1.54, 1.807) is 0 Å².